The van der Waals surface area contributed by atoms with Gasteiger partial charge in [-0.05, 0) is 30.1 Å². The predicted octanol–water partition coefficient (Wildman–Crippen LogP) is 1.02. The molecule has 2 fully saturated rings. The first kappa shape index (κ1) is 10.8. The number of ether oxygens (including phenoxy) is 2. The quantitative estimate of drug-likeness (QED) is 0.530. The van der Waals surface area contributed by atoms with E-state index >= 15 is 0 Å². The Labute approximate surface area is 100.0 Å². The second-order valence-corrected chi connectivity index (χ2v) is 5.20. The van der Waals surface area contributed by atoms with E-state index in [-0.39, 0.29) is 35.6 Å². The topological polar surface area (TPSA) is 52.6 Å². The Hall–Kier alpha value is -1.32. The summed E-state index contributed by atoms with van der Waals surface area (Å²) < 4.78 is 9.71. The molecule has 4 nitrogen and oxygen atoms in total. The molecule has 2 saturated carbocycles. The summed E-state index contributed by atoms with van der Waals surface area (Å²) in [6, 6.07) is 0. The number of fused-ring (bicyclic) bond motifs is 1. The number of hydrogen-bond acceptors (Lipinski definition) is 4. The molecule has 0 radical (unpaired) electrons. The van der Waals surface area contributed by atoms with Crippen molar-refractivity contribution in [2.45, 2.75) is 6.42 Å². The second-order valence-electron chi connectivity index (χ2n) is 5.20. The van der Waals surface area contributed by atoms with Crippen LogP contribution in [-0.2, 0) is 19.1 Å². The minimum Gasteiger partial charge on any atom is -0.469 e. The van der Waals surface area contributed by atoms with Crippen molar-refractivity contribution in [3.8, 4) is 0 Å². The molecule has 92 valence electrons. The average molecular weight is 236 g/mol. The lowest BCUT2D eigenvalue weighted by molar-refractivity contribution is -0.164. The lowest BCUT2D eigenvalue weighted by Gasteiger charge is -2.41. The first-order valence-electron chi connectivity index (χ1n) is 6.03. The summed E-state index contributed by atoms with van der Waals surface area (Å²) >= 11 is 0. The lowest BCUT2D eigenvalue weighted by Crippen LogP contribution is -2.47. The summed E-state index contributed by atoms with van der Waals surface area (Å²) in [5.41, 5.74) is 0. The summed E-state index contributed by atoms with van der Waals surface area (Å²) in [4.78, 5) is 23.8. The molecule has 4 aliphatic carbocycles. The van der Waals surface area contributed by atoms with Gasteiger partial charge in [0, 0.05) is 0 Å². The van der Waals surface area contributed by atoms with Gasteiger partial charge in [0.2, 0.25) is 0 Å². The molecule has 0 aromatic carbocycles. The molecule has 4 heteroatoms. The molecule has 0 saturated heterocycles. The molecule has 0 aliphatic heterocycles. The van der Waals surface area contributed by atoms with Gasteiger partial charge in [0.05, 0.1) is 26.1 Å². The number of carbonyl (C=O) groups is 2. The molecule has 4 aliphatic rings. The molecule has 6 atom stereocenters. The Morgan fingerprint density at radius 2 is 1.35 bits per heavy atom. The molecule has 2 bridgehead atoms. The van der Waals surface area contributed by atoms with Gasteiger partial charge in [-0.1, -0.05) is 12.2 Å². The third kappa shape index (κ3) is 1.36. The first-order chi connectivity index (χ1) is 8.19. The van der Waals surface area contributed by atoms with Gasteiger partial charge in [-0.15, -0.1) is 0 Å². The van der Waals surface area contributed by atoms with E-state index in [1.165, 1.54) is 14.2 Å². The van der Waals surface area contributed by atoms with E-state index in [2.05, 4.69) is 12.2 Å². The van der Waals surface area contributed by atoms with Crippen LogP contribution in [0.2, 0.25) is 0 Å². The van der Waals surface area contributed by atoms with Gasteiger partial charge < -0.3 is 9.47 Å². The Morgan fingerprint density at radius 3 is 1.71 bits per heavy atom. The van der Waals surface area contributed by atoms with Crippen LogP contribution in [0, 0.1) is 35.5 Å². The van der Waals surface area contributed by atoms with Crippen LogP contribution in [0.4, 0.5) is 0 Å². The first-order valence-corrected chi connectivity index (χ1v) is 6.03. The molecule has 4 rings (SSSR count). The number of carbonyl (C=O) groups excluding carboxylic acids is 2. The van der Waals surface area contributed by atoms with Crippen molar-refractivity contribution >= 4 is 11.9 Å². The van der Waals surface area contributed by atoms with Gasteiger partial charge in [0.25, 0.3) is 0 Å². The van der Waals surface area contributed by atoms with Crippen molar-refractivity contribution in [2.75, 3.05) is 14.2 Å². The Bertz CT molecular complexity index is 364. The minimum atomic E-state index is -0.341. The van der Waals surface area contributed by atoms with Crippen molar-refractivity contribution in [2.24, 2.45) is 35.5 Å². The third-order valence-corrected chi connectivity index (χ3v) is 4.60. The fraction of sp³-hybridized carbons (Fsp3) is 0.692. The van der Waals surface area contributed by atoms with E-state index in [1.807, 2.05) is 0 Å². The van der Waals surface area contributed by atoms with Crippen molar-refractivity contribution in [1.82, 2.24) is 0 Å². The van der Waals surface area contributed by atoms with Gasteiger partial charge in [-0.3, -0.25) is 9.59 Å². The number of rotatable bonds is 2. The predicted molar refractivity (Wildman–Crippen MR) is 58.7 cm³/mol. The fourth-order valence-corrected chi connectivity index (χ4v) is 3.79. The maximum Gasteiger partial charge on any atom is 0.310 e. The van der Waals surface area contributed by atoms with E-state index in [9.17, 15) is 9.59 Å². The number of esters is 2. The zero-order valence-corrected chi connectivity index (χ0v) is 9.96. The summed E-state index contributed by atoms with van der Waals surface area (Å²) in [5, 5.41) is 0. The van der Waals surface area contributed by atoms with Gasteiger partial charge in [-0.25, -0.2) is 0 Å². The summed E-state index contributed by atoms with van der Waals surface area (Å²) in [6.45, 7) is 0. The number of allylic oxidation sites excluding steroid dienone is 2. The molecule has 17 heavy (non-hydrogen) atoms. The highest BCUT2D eigenvalue weighted by Gasteiger charge is 2.63. The van der Waals surface area contributed by atoms with Crippen LogP contribution in [0.15, 0.2) is 12.2 Å². The average Bonchev–Trinajstić information content (AvgIpc) is 3.17. The summed E-state index contributed by atoms with van der Waals surface area (Å²) in [6.07, 6.45) is 5.32. The van der Waals surface area contributed by atoms with Crippen molar-refractivity contribution in [3.05, 3.63) is 12.2 Å². The molecule has 0 unspecified atom stereocenters. The van der Waals surface area contributed by atoms with E-state index in [4.69, 9.17) is 9.47 Å². The van der Waals surface area contributed by atoms with Crippen LogP contribution in [-0.4, -0.2) is 26.2 Å². The van der Waals surface area contributed by atoms with E-state index in [1.54, 1.807) is 0 Å². The Balaban J connectivity index is 1.96. The molecule has 0 N–H and O–H groups in total. The summed E-state index contributed by atoms with van der Waals surface area (Å²) in [5.74, 6) is 0.265. The number of hydrogen-bond donors (Lipinski definition) is 0. The summed E-state index contributed by atoms with van der Waals surface area (Å²) in [7, 11) is 2.76. The van der Waals surface area contributed by atoms with Crippen LogP contribution in [0.3, 0.4) is 0 Å². The zero-order chi connectivity index (χ0) is 12.2. The molecule has 0 heterocycles. The van der Waals surface area contributed by atoms with Crippen LogP contribution in [0.25, 0.3) is 0 Å². The van der Waals surface area contributed by atoms with E-state index in [0.717, 1.165) is 6.42 Å². The van der Waals surface area contributed by atoms with Crippen LogP contribution in [0.5, 0.6) is 0 Å². The SMILES string of the molecule is COC(=O)[C@@H]1[C@@H]2C=C[C@@H]([C@H]3C[C@@H]23)[C@@H]1C(=O)OC. The highest BCUT2D eigenvalue weighted by molar-refractivity contribution is 5.84. The van der Waals surface area contributed by atoms with Crippen LogP contribution < -0.4 is 0 Å². The van der Waals surface area contributed by atoms with E-state index in [0.29, 0.717) is 11.8 Å². The molecule has 0 amide bonds. The smallest absolute Gasteiger partial charge is 0.310 e. The largest absolute Gasteiger partial charge is 0.469 e. The molecular weight excluding hydrogens is 220 g/mol. The van der Waals surface area contributed by atoms with Gasteiger partial charge in [0.1, 0.15) is 0 Å². The molecule has 0 aromatic heterocycles. The molecule has 0 spiro atoms. The lowest BCUT2D eigenvalue weighted by atomic mass is 9.62. The normalized spacial score (nSPS) is 45.1. The number of methoxy groups -OCH3 is 2. The monoisotopic (exact) mass is 236 g/mol. The van der Waals surface area contributed by atoms with Crippen molar-refractivity contribution in [1.29, 1.82) is 0 Å². The Kier molecular flexibility index (Phi) is 2.28. The van der Waals surface area contributed by atoms with E-state index < -0.39 is 0 Å². The minimum absolute atomic E-state index is 0.168. The van der Waals surface area contributed by atoms with Gasteiger partial charge >= 0.3 is 11.9 Å². The Morgan fingerprint density at radius 1 is 0.941 bits per heavy atom. The van der Waals surface area contributed by atoms with Crippen LogP contribution in [0.1, 0.15) is 6.42 Å². The standard InChI is InChI=1S/C13H16O4/c1-16-12(14)10-6-3-4-7(9-5-8(6)9)11(10)13(15)17-2/h3-4,6-11H,5H2,1-2H3/t6-,7+,8+,9-,10-,11+. The molecular formula is C13H16O4. The van der Waals surface area contributed by atoms with Crippen LogP contribution >= 0.6 is 0 Å². The third-order valence-electron chi connectivity index (χ3n) is 4.60. The maximum absolute atomic E-state index is 11.9. The maximum atomic E-state index is 11.9. The van der Waals surface area contributed by atoms with Crippen molar-refractivity contribution in [3.63, 3.8) is 0 Å². The van der Waals surface area contributed by atoms with Gasteiger partial charge in [0.15, 0.2) is 0 Å². The zero-order valence-electron chi connectivity index (χ0n) is 9.96. The molecule has 0 aromatic rings. The second kappa shape index (κ2) is 3.59. The highest BCUT2D eigenvalue weighted by Crippen LogP contribution is 2.63. The van der Waals surface area contributed by atoms with Crippen molar-refractivity contribution < 1.29 is 19.1 Å². The van der Waals surface area contributed by atoms with Gasteiger partial charge in [-0.2, -0.15) is 0 Å². The fourth-order valence-electron chi connectivity index (χ4n) is 3.79. The highest BCUT2D eigenvalue weighted by atomic mass is 16.5.